The summed E-state index contributed by atoms with van der Waals surface area (Å²) in [7, 11) is 0. The van der Waals surface area contributed by atoms with Gasteiger partial charge >= 0.3 is 0 Å². The minimum Gasteiger partial charge on any atom is -0.396 e. The Morgan fingerprint density at radius 3 is 1.52 bits per heavy atom. The maximum atomic E-state index is 9.19. The second kappa shape index (κ2) is 9.57. The van der Waals surface area contributed by atoms with Crippen LogP contribution in [0, 0.1) is 0 Å². The highest BCUT2D eigenvalue weighted by Gasteiger charge is 2.31. The molecule has 3 aliphatic rings. The maximum Gasteiger partial charge on any atom is 0.0984 e. The van der Waals surface area contributed by atoms with Crippen LogP contribution in [0.1, 0.15) is 17.5 Å². The Hall–Kier alpha value is -2.12. The van der Waals surface area contributed by atoms with E-state index in [4.69, 9.17) is 14.2 Å². The van der Waals surface area contributed by atoms with Gasteiger partial charge in [-0.25, -0.2) is 0 Å². The standard InChI is InChI=1S/C25H32N2O4/c28-11-1-10-26(13-23-16-29-23)21-6-2-19(3-7-21)12-20-4-8-22(9-5-20)27(14-24-17-30-24)15-25-18-31-25/h2-9,23-25,28H,1,10-18H2. The molecule has 0 spiro atoms. The average molecular weight is 425 g/mol. The van der Waals surface area contributed by atoms with Crippen molar-refractivity contribution in [3.05, 3.63) is 59.7 Å². The fraction of sp³-hybridized carbons (Fsp3) is 0.520. The van der Waals surface area contributed by atoms with Crippen LogP contribution in [-0.2, 0) is 20.6 Å². The number of aliphatic hydroxyl groups is 1. The van der Waals surface area contributed by atoms with Crippen LogP contribution < -0.4 is 9.80 Å². The van der Waals surface area contributed by atoms with Crippen molar-refractivity contribution in [3.63, 3.8) is 0 Å². The summed E-state index contributed by atoms with van der Waals surface area (Å²) in [4.78, 5) is 4.70. The molecule has 0 aromatic heterocycles. The Labute approximate surface area is 184 Å². The summed E-state index contributed by atoms with van der Waals surface area (Å²) in [6, 6.07) is 17.7. The van der Waals surface area contributed by atoms with Crippen LogP contribution in [-0.4, -0.2) is 76.0 Å². The number of aliphatic hydroxyl groups excluding tert-OH is 1. The topological polar surface area (TPSA) is 64.3 Å². The molecule has 3 heterocycles. The Morgan fingerprint density at radius 2 is 1.10 bits per heavy atom. The molecule has 0 amide bonds. The first-order valence-electron chi connectivity index (χ1n) is 11.4. The van der Waals surface area contributed by atoms with Gasteiger partial charge in [-0.05, 0) is 48.2 Å². The van der Waals surface area contributed by atoms with Crippen LogP contribution in [0.3, 0.4) is 0 Å². The molecule has 0 saturated carbocycles. The van der Waals surface area contributed by atoms with Crippen molar-refractivity contribution in [1.29, 1.82) is 0 Å². The monoisotopic (exact) mass is 424 g/mol. The predicted octanol–water partition coefficient (Wildman–Crippen LogP) is 2.47. The van der Waals surface area contributed by atoms with Gasteiger partial charge in [0.25, 0.3) is 0 Å². The van der Waals surface area contributed by atoms with E-state index in [-0.39, 0.29) is 6.61 Å². The summed E-state index contributed by atoms with van der Waals surface area (Å²) in [5.41, 5.74) is 5.05. The highest BCUT2D eigenvalue weighted by molar-refractivity contribution is 5.51. The zero-order chi connectivity index (χ0) is 21.0. The van der Waals surface area contributed by atoms with Crippen molar-refractivity contribution >= 4 is 11.4 Å². The molecule has 0 aliphatic carbocycles. The van der Waals surface area contributed by atoms with E-state index in [2.05, 4.69) is 58.3 Å². The fourth-order valence-electron chi connectivity index (χ4n) is 4.02. The molecular formula is C25H32N2O4. The van der Waals surface area contributed by atoms with E-state index >= 15 is 0 Å². The summed E-state index contributed by atoms with van der Waals surface area (Å²) >= 11 is 0. The smallest absolute Gasteiger partial charge is 0.0984 e. The summed E-state index contributed by atoms with van der Waals surface area (Å²) in [6.07, 6.45) is 2.79. The molecule has 0 radical (unpaired) electrons. The Bertz CT molecular complexity index is 816. The molecule has 3 aliphatic heterocycles. The maximum absolute atomic E-state index is 9.19. The van der Waals surface area contributed by atoms with Crippen molar-refractivity contribution in [2.75, 3.05) is 62.4 Å². The minimum absolute atomic E-state index is 0.217. The number of hydrogen-bond acceptors (Lipinski definition) is 6. The van der Waals surface area contributed by atoms with E-state index in [0.717, 1.165) is 58.8 Å². The fourth-order valence-corrected chi connectivity index (χ4v) is 4.02. The number of hydrogen-bond donors (Lipinski definition) is 1. The molecule has 166 valence electrons. The molecule has 2 aromatic carbocycles. The number of nitrogens with zero attached hydrogens (tertiary/aromatic N) is 2. The molecule has 5 rings (SSSR count). The molecule has 0 bridgehead atoms. The summed E-state index contributed by atoms with van der Waals surface area (Å²) < 4.78 is 16.3. The van der Waals surface area contributed by atoms with Gasteiger partial charge in [0, 0.05) is 44.2 Å². The van der Waals surface area contributed by atoms with E-state index in [9.17, 15) is 5.11 Å². The lowest BCUT2D eigenvalue weighted by Gasteiger charge is -2.24. The lowest BCUT2D eigenvalue weighted by atomic mass is 10.0. The summed E-state index contributed by atoms with van der Waals surface area (Å²) in [5, 5.41) is 9.19. The van der Waals surface area contributed by atoms with Gasteiger partial charge in [0.1, 0.15) is 0 Å². The number of epoxide rings is 3. The first kappa shape index (κ1) is 20.8. The highest BCUT2D eigenvalue weighted by atomic mass is 16.6. The molecule has 3 atom stereocenters. The molecule has 3 unspecified atom stereocenters. The second-order valence-electron chi connectivity index (χ2n) is 8.80. The van der Waals surface area contributed by atoms with E-state index in [0.29, 0.717) is 18.3 Å². The predicted molar refractivity (Wildman–Crippen MR) is 121 cm³/mol. The van der Waals surface area contributed by atoms with Crippen LogP contribution in [0.2, 0.25) is 0 Å². The van der Waals surface area contributed by atoms with Gasteiger partial charge in [-0.2, -0.15) is 0 Å². The van der Waals surface area contributed by atoms with Gasteiger partial charge in [0.2, 0.25) is 0 Å². The number of rotatable bonds is 13. The van der Waals surface area contributed by atoms with Crippen LogP contribution >= 0.6 is 0 Å². The van der Waals surface area contributed by atoms with Gasteiger partial charge in [-0.15, -0.1) is 0 Å². The third-order valence-corrected chi connectivity index (χ3v) is 6.08. The molecule has 31 heavy (non-hydrogen) atoms. The normalized spacial score (nSPS) is 23.5. The van der Waals surface area contributed by atoms with E-state index in [1.807, 2.05) is 0 Å². The molecule has 6 nitrogen and oxygen atoms in total. The van der Waals surface area contributed by atoms with Gasteiger partial charge < -0.3 is 29.1 Å². The van der Waals surface area contributed by atoms with Crippen molar-refractivity contribution in [2.24, 2.45) is 0 Å². The molecule has 1 N–H and O–H groups in total. The van der Waals surface area contributed by atoms with Crippen molar-refractivity contribution in [3.8, 4) is 0 Å². The van der Waals surface area contributed by atoms with Gasteiger partial charge in [0.05, 0.1) is 38.1 Å². The highest BCUT2D eigenvalue weighted by Crippen LogP contribution is 2.25. The van der Waals surface area contributed by atoms with E-state index < -0.39 is 0 Å². The van der Waals surface area contributed by atoms with Crippen LogP contribution in [0.5, 0.6) is 0 Å². The molecule has 2 aromatic rings. The largest absolute Gasteiger partial charge is 0.396 e. The van der Waals surface area contributed by atoms with Crippen LogP contribution in [0.4, 0.5) is 11.4 Å². The second-order valence-corrected chi connectivity index (χ2v) is 8.80. The van der Waals surface area contributed by atoms with Gasteiger partial charge in [-0.3, -0.25) is 0 Å². The first-order valence-corrected chi connectivity index (χ1v) is 11.4. The number of anilines is 2. The van der Waals surface area contributed by atoms with Crippen molar-refractivity contribution in [2.45, 2.75) is 31.2 Å². The van der Waals surface area contributed by atoms with Crippen molar-refractivity contribution < 1.29 is 19.3 Å². The third-order valence-electron chi connectivity index (χ3n) is 6.08. The summed E-state index contributed by atoms with van der Waals surface area (Å²) in [5.74, 6) is 0. The molecule has 6 heteroatoms. The van der Waals surface area contributed by atoms with E-state index in [1.165, 1.54) is 22.5 Å². The third kappa shape index (κ3) is 6.20. The quantitative estimate of drug-likeness (QED) is 0.499. The SMILES string of the molecule is OCCCN(CC1CO1)c1ccc(Cc2ccc(N(CC3CO3)CC3CO3)cc2)cc1. The first-order chi connectivity index (χ1) is 15.3. The van der Waals surface area contributed by atoms with Gasteiger partial charge in [0.15, 0.2) is 0 Å². The van der Waals surface area contributed by atoms with Crippen LogP contribution in [0.25, 0.3) is 0 Å². The van der Waals surface area contributed by atoms with Crippen LogP contribution in [0.15, 0.2) is 48.5 Å². The molecule has 3 fully saturated rings. The summed E-state index contributed by atoms with van der Waals surface area (Å²) in [6.45, 7) is 6.46. The Balaban J connectivity index is 1.20. The van der Waals surface area contributed by atoms with Gasteiger partial charge in [-0.1, -0.05) is 24.3 Å². The molecule has 3 saturated heterocycles. The van der Waals surface area contributed by atoms with Crippen molar-refractivity contribution in [1.82, 2.24) is 0 Å². The Morgan fingerprint density at radius 1 is 0.677 bits per heavy atom. The lowest BCUT2D eigenvalue weighted by Crippen LogP contribution is -2.31. The molecular weight excluding hydrogens is 392 g/mol. The number of benzene rings is 2. The minimum atomic E-state index is 0.217. The van der Waals surface area contributed by atoms with E-state index in [1.54, 1.807) is 0 Å². The lowest BCUT2D eigenvalue weighted by molar-refractivity contribution is 0.288. The zero-order valence-electron chi connectivity index (χ0n) is 18.0. The zero-order valence-corrected chi connectivity index (χ0v) is 18.0. The average Bonchev–Trinajstić information content (AvgIpc) is 3.62. The number of ether oxygens (including phenoxy) is 3. The Kier molecular flexibility index (Phi) is 6.41.